The summed E-state index contributed by atoms with van der Waals surface area (Å²) in [6, 6.07) is 12.0. The maximum Gasteiger partial charge on any atom is 0.142 e. The zero-order valence-corrected chi connectivity index (χ0v) is 11.1. The second-order valence-corrected chi connectivity index (χ2v) is 4.24. The van der Waals surface area contributed by atoms with Crippen LogP contribution in [-0.4, -0.2) is 25.2 Å². The Morgan fingerprint density at radius 3 is 2.74 bits per heavy atom. The summed E-state index contributed by atoms with van der Waals surface area (Å²) in [6.07, 6.45) is 3.65. The van der Waals surface area contributed by atoms with E-state index in [-0.39, 0.29) is 0 Å². The predicted molar refractivity (Wildman–Crippen MR) is 77.3 cm³/mol. The van der Waals surface area contributed by atoms with Crippen molar-refractivity contribution in [3.05, 3.63) is 54.4 Å². The van der Waals surface area contributed by atoms with Crippen LogP contribution in [0.15, 0.2) is 48.8 Å². The smallest absolute Gasteiger partial charge is 0.142 e. The Morgan fingerprint density at radius 2 is 2.05 bits per heavy atom. The zero-order valence-electron chi connectivity index (χ0n) is 11.1. The van der Waals surface area contributed by atoms with Crippen molar-refractivity contribution in [1.82, 2.24) is 4.98 Å². The maximum absolute atomic E-state index is 5.71. The van der Waals surface area contributed by atoms with E-state index in [2.05, 4.69) is 16.0 Å². The van der Waals surface area contributed by atoms with E-state index < -0.39 is 0 Å². The number of aromatic nitrogens is 1. The molecule has 2 N–H and O–H groups in total. The standard InChI is InChI=1S/C15H19N3O/c1-19-15-7-3-2-6-14(15)18(10-8-16)12-13-5-4-9-17-11-13/h2-7,9,11H,8,10,12,16H2,1H3. The van der Waals surface area contributed by atoms with Gasteiger partial charge < -0.3 is 15.4 Å². The summed E-state index contributed by atoms with van der Waals surface area (Å²) in [4.78, 5) is 6.35. The van der Waals surface area contributed by atoms with Crippen molar-refractivity contribution in [3.8, 4) is 5.75 Å². The molecule has 0 aliphatic heterocycles. The van der Waals surface area contributed by atoms with Gasteiger partial charge in [-0.1, -0.05) is 18.2 Å². The molecule has 100 valence electrons. The van der Waals surface area contributed by atoms with Crippen LogP contribution in [0, 0.1) is 0 Å². The highest BCUT2D eigenvalue weighted by Gasteiger charge is 2.11. The summed E-state index contributed by atoms with van der Waals surface area (Å²) in [5.41, 5.74) is 7.92. The van der Waals surface area contributed by atoms with Crippen molar-refractivity contribution in [2.24, 2.45) is 5.73 Å². The van der Waals surface area contributed by atoms with Gasteiger partial charge in [0.15, 0.2) is 0 Å². The fraction of sp³-hybridized carbons (Fsp3) is 0.267. The molecule has 0 aliphatic carbocycles. The summed E-state index contributed by atoms with van der Waals surface area (Å²) in [5.74, 6) is 0.861. The molecule has 19 heavy (non-hydrogen) atoms. The maximum atomic E-state index is 5.71. The van der Waals surface area contributed by atoms with Crippen molar-refractivity contribution in [1.29, 1.82) is 0 Å². The molecule has 0 radical (unpaired) electrons. The van der Waals surface area contributed by atoms with E-state index in [0.717, 1.165) is 30.1 Å². The molecule has 4 heteroatoms. The van der Waals surface area contributed by atoms with E-state index in [4.69, 9.17) is 10.5 Å². The van der Waals surface area contributed by atoms with Gasteiger partial charge >= 0.3 is 0 Å². The van der Waals surface area contributed by atoms with Crippen LogP contribution in [0.5, 0.6) is 5.75 Å². The highest BCUT2D eigenvalue weighted by atomic mass is 16.5. The minimum atomic E-state index is 0.596. The van der Waals surface area contributed by atoms with Gasteiger partial charge in [0.1, 0.15) is 5.75 Å². The number of hydrogen-bond acceptors (Lipinski definition) is 4. The Hall–Kier alpha value is -2.07. The lowest BCUT2D eigenvalue weighted by Crippen LogP contribution is -2.29. The largest absolute Gasteiger partial charge is 0.495 e. The monoisotopic (exact) mass is 257 g/mol. The molecule has 2 rings (SSSR count). The molecule has 0 amide bonds. The number of para-hydroxylation sites is 2. The fourth-order valence-corrected chi connectivity index (χ4v) is 2.04. The van der Waals surface area contributed by atoms with Gasteiger partial charge in [-0.3, -0.25) is 4.98 Å². The third-order valence-corrected chi connectivity index (χ3v) is 2.92. The van der Waals surface area contributed by atoms with Crippen molar-refractivity contribution >= 4 is 5.69 Å². The molecule has 0 saturated carbocycles. The molecule has 0 saturated heterocycles. The molecule has 1 heterocycles. The average Bonchev–Trinajstić information content (AvgIpc) is 2.48. The summed E-state index contributed by atoms with van der Waals surface area (Å²) in [7, 11) is 1.68. The van der Waals surface area contributed by atoms with Gasteiger partial charge in [-0.2, -0.15) is 0 Å². The predicted octanol–water partition coefficient (Wildman–Crippen LogP) is 2.06. The van der Waals surface area contributed by atoms with Crippen LogP contribution in [0.3, 0.4) is 0 Å². The van der Waals surface area contributed by atoms with E-state index in [1.165, 1.54) is 0 Å². The number of rotatable bonds is 6. The molecule has 0 aliphatic rings. The van der Waals surface area contributed by atoms with Gasteiger partial charge in [0.05, 0.1) is 12.8 Å². The fourth-order valence-electron chi connectivity index (χ4n) is 2.04. The molecule has 0 atom stereocenters. The minimum absolute atomic E-state index is 0.596. The summed E-state index contributed by atoms with van der Waals surface area (Å²) in [5, 5.41) is 0. The van der Waals surface area contributed by atoms with Crippen molar-refractivity contribution < 1.29 is 4.74 Å². The lowest BCUT2D eigenvalue weighted by atomic mass is 10.2. The number of hydrogen-bond donors (Lipinski definition) is 1. The highest BCUT2D eigenvalue weighted by molar-refractivity contribution is 5.58. The quantitative estimate of drug-likeness (QED) is 0.860. The number of nitrogens with two attached hydrogens (primary N) is 1. The molecule has 2 aromatic rings. The number of methoxy groups -OCH3 is 1. The van der Waals surface area contributed by atoms with Gasteiger partial charge in [-0.05, 0) is 23.8 Å². The van der Waals surface area contributed by atoms with Crippen LogP contribution < -0.4 is 15.4 Å². The van der Waals surface area contributed by atoms with Crippen molar-refractivity contribution in [3.63, 3.8) is 0 Å². The van der Waals surface area contributed by atoms with Crippen LogP contribution in [0.4, 0.5) is 5.69 Å². The Morgan fingerprint density at radius 1 is 1.21 bits per heavy atom. The second-order valence-electron chi connectivity index (χ2n) is 4.24. The number of nitrogens with zero attached hydrogens (tertiary/aromatic N) is 2. The molecule has 0 spiro atoms. The highest BCUT2D eigenvalue weighted by Crippen LogP contribution is 2.28. The normalized spacial score (nSPS) is 10.2. The molecule has 0 bridgehead atoms. The van der Waals surface area contributed by atoms with E-state index in [9.17, 15) is 0 Å². The molecular formula is C15H19N3O. The topological polar surface area (TPSA) is 51.4 Å². The first-order valence-electron chi connectivity index (χ1n) is 6.32. The molecule has 4 nitrogen and oxygen atoms in total. The third kappa shape index (κ3) is 3.45. The first-order chi connectivity index (χ1) is 9.35. The van der Waals surface area contributed by atoms with E-state index in [0.29, 0.717) is 6.54 Å². The molecular weight excluding hydrogens is 238 g/mol. The number of pyridine rings is 1. The first-order valence-corrected chi connectivity index (χ1v) is 6.32. The molecule has 0 unspecified atom stereocenters. The lowest BCUT2D eigenvalue weighted by molar-refractivity contribution is 0.414. The van der Waals surface area contributed by atoms with E-state index in [1.807, 2.05) is 36.5 Å². The van der Waals surface area contributed by atoms with Crippen LogP contribution in [0.1, 0.15) is 5.56 Å². The Balaban J connectivity index is 2.24. The number of benzene rings is 1. The van der Waals surface area contributed by atoms with Crippen LogP contribution in [0.2, 0.25) is 0 Å². The van der Waals surface area contributed by atoms with E-state index in [1.54, 1.807) is 13.3 Å². The van der Waals surface area contributed by atoms with Gasteiger partial charge in [0.2, 0.25) is 0 Å². The third-order valence-electron chi connectivity index (χ3n) is 2.92. The van der Waals surface area contributed by atoms with Crippen LogP contribution >= 0.6 is 0 Å². The number of anilines is 1. The average molecular weight is 257 g/mol. The summed E-state index contributed by atoms with van der Waals surface area (Å²) < 4.78 is 5.41. The first kappa shape index (κ1) is 13.4. The number of ether oxygens (including phenoxy) is 1. The van der Waals surface area contributed by atoms with E-state index >= 15 is 0 Å². The lowest BCUT2D eigenvalue weighted by Gasteiger charge is -2.25. The van der Waals surface area contributed by atoms with Gasteiger partial charge in [0, 0.05) is 32.0 Å². The van der Waals surface area contributed by atoms with Gasteiger partial charge in [0.25, 0.3) is 0 Å². The molecule has 1 aromatic heterocycles. The summed E-state index contributed by atoms with van der Waals surface area (Å²) >= 11 is 0. The Bertz CT molecular complexity index is 502. The second kappa shape index (κ2) is 6.75. The Labute approximate surface area is 113 Å². The SMILES string of the molecule is COc1ccccc1N(CCN)Cc1cccnc1. The van der Waals surface area contributed by atoms with Crippen molar-refractivity contribution in [2.45, 2.75) is 6.54 Å². The minimum Gasteiger partial charge on any atom is -0.495 e. The van der Waals surface area contributed by atoms with Gasteiger partial charge in [-0.25, -0.2) is 0 Å². The molecule has 0 fully saturated rings. The summed E-state index contributed by atoms with van der Waals surface area (Å²) in [6.45, 7) is 2.14. The zero-order chi connectivity index (χ0) is 13.5. The van der Waals surface area contributed by atoms with Gasteiger partial charge in [-0.15, -0.1) is 0 Å². The van der Waals surface area contributed by atoms with Crippen LogP contribution in [0.25, 0.3) is 0 Å². The molecule has 1 aromatic carbocycles. The van der Waals surface area contributed by atoms with Crippen LogP contribution in [-0.2, 0) is 6.54 Å². The van der Waals surface area contributed by atoms with Crippen molar-refractivity contribution in [2.75, 3.05) is 25.1 Å². The Kier molecular flexibility index (Phi) is 4.75.